The van der Waals surface area contributed by atoms with Crippen molar-refractivity contribution in [3.63, 3.8) is 0 Å². The number of nitro benzene ring substituents is 1. The number of hydrogen-bond acceptors (Lipinski definition) is 6. The summed E-state index contributed by atoms with van der Waals surface area (Å²) in [7, 11) is 0. The lowest BCUT2D eigenvalue weighted by atomic mass is 10.1. The van der Waals surface area contributed by atoms with Crippen LogP contribution in [-0.2, 0) is 0 Å². The SMILES string of the molecule is O=[N+]([O-])c1ccc(-c2nc(/C=C3\C=Nc4ccccc43)c(O)o2)cc1. The summed E-state index contributed by atoms with van der Waals surface area (Å²) in [4.78, 5) is 18.8. The van der Waals surface area contributed by atoms with Gasteiger partial charge in [-0.1, -0.05) is 18.2 Å². The lowest BCUT2D eigenvalue weighted by Crippen LogP contribution is -1.87. The van der Waals surface area contributed by atoms with E-state index in [0.29, 0.717) is 5.56 Å². The number of aromatic hydroxyl groups is 1. The van der Waals surface area contributed by atoms with E-state index in [9.17, 15) is 15.2 Å². The van der Waals surface area contributed by atoms with Gasteiger partial charge in [-0.3, -0.25) is 15.1 Å². The largest absolute Gasteiger partial charge is 0.479 e. The molecule has 0 bridgehead atoms. The van der Waals surface area contributed by atoms with E-state index in [2.05, 4.69) is 9.98 Å². The first-order valence-corrected chi connectivity index (χ1v) is 7.41. The molecule has 1 N–H and O–H groups in total. The summed E-state index contributed by atoms with van der Waals surface area (Å²) in [5.74, 6) is -0.138. The van der Waals surface area contributed by atoms with E-state index in [4.69, 9.17) is 4.42 Å². The molecular weight excluding hydrogens is 322 g/mol. The number of fused-ring (bicyclic) bond motifs is 1. The van der Waals surface area contributed by atoms with Crippen molar-refractivity contribution in [3.05, 3.63) is 69.9 Å². The van der Waals surface area contributed by atoms with Gasteiger partial charge in [0.1, 0.15) is 5.69 Å². The van der Waals surface area contributed by atoms with Crippen LogP contribution in [-0.4, -0.2) is 21.2 Å². The minimum Gasteiger partial charge on any atom is -0.479 e. The first-order valence-electron chi connectivity index (χ1n) is 7.41. The van der Waals surface area contributed by atoms with Gasteiger partial charge in [-0.05, 0) is 24.3 Å². The van der Waals surface area contributed by atoms with Gasteiger partial charge in [0.15, 0.2) is 0 Å². The van der Waals surface area contributed by atoms with E-state index < -0.39 is 4.92 Å². The number of benzene rings is 2. The number of aromatic nitrogens is 1. The average Bonchev–Trinajstić information content (AvgIpc) is 3.20. The third kappa shape index (κ3) is 2.67. The van der Waals surface area contributed by atoms with Crippen molar-refractivity contribution in [2.75, 3.05) is 0 Å². The predicted octanol–water partition coefficient (Wildman–Crippen LogP) is 4.21. The van der Waals surface area contributed by atoms with Crippen LogP contribution in [0.15, 0.2) is 57.9 Å². The summed E-state index contributed by atoms with van der Waals surface area (Å²) in [6, 6.07) is 13.4. The molecule has 1 aromatic heterocycles. The molecule has 4 rings (SSSR count). The number of rotatable bonds is 3. The van der Waals surface area contributed by atoms with Gasteiger partial charge in [0.2, 0.25) is 5.89 Å². The first kappa shape index (κ1) is 14.8. The highest BCUT2D eigenvalue weighted by Gasteiger charge is 2.17. The van der Waals surface area contributed by atoms with E-state index in [1.165, 1.54) is 24.3 Å². The lowest BCUT2D eigenvalue weighted by Gasteiger charge is -1.97. The van der Waals surface area contributed by atoms with Crippen LogP contribution in [0.3, 0.4) is 0 Å². The monoisotopic (exact) mass is 333 g/mol. The second-order valence-corrected chi connectivity index (χ2v) is 5.39. The topological polar surface area (TPSA) is 102 Å². The Morgan fingerprint density at radius 3 is 2.64 bits per heavy atom. The molecular formula is C18H11N3O4. The van der Waals surface area contributed by atoms with Crippen LogP contribution < -0.4 is 0 Å². The molecule has 0 radical (unpaired) electrons. The van der Waals surface area contributed by atoms with Crippen LogP contribution in [0.5, 0.6) is 5.95 Å². The number of allylic oxidation sites excluding steroid dienone is 1. The molecule has 122 valence electrons. The molecule has 3 aromatic rings. The summed E-state index contributed by atoms with van der Waals surface area (Å²) in [6.45, 7) is 0. The maximum atomic E-state index is 10.7. The number of non-ortho nitro benzene ring substituents is 1. The van der Waals surface area contributed by atoms with Gasteiger partial charge in [0.25, 0.3) is 5.69 Å². The zero-order valence-electron chi connectivity index (χ0n) is 12.8. The third-order valence-corrected chi connectivity index (χ3v) is 3.81. The number of aliphatic imine (C=N–C) groups is 1. The minimum absolute atomic E-state index is 0.0272. The summed E-state index contributed by atoms with van der Waals surface area (Å²) >= 11 is 0. The summed E-state index contributed by atoms with van der Waals surface area (Å²) in [6.07, 6.45) is 3.38. The summed E-state index contributed by atoms with van der Waals surface area (Å²) in [5, 5.41) is 20.7. The zero-order chi connectivity index (χ0) is 17.4. The van der Waals surface area contributed by atoms with E-state index in [0.717, 1.165) is 16.8 Å². The van der Waals surface area contributed by atoms with E-state index in [1.54, 1.807) is 12.3 Å². The molecule has 25 heavy (non-hydrogen) atoms. The van der Waals surface area contributed by atoms with Crippen molar-refractivity contribution in [3.8, 4) is 17.4 Å². The Kier molecular flexibility index (Phi) is 3.39. The molecule has 2 aromatic carbocycles. The zero-order valence-corrected chi connectivity index (χ0v) is 12.8. The van der Waals surface area contributed by atoms with E-state index in [-0.39, 0.29) is 23.2 Å². The molecule has 0 spiro atoms. The van der Waals surface area contributed by atoms with Crippen LogP contribution in [0.4, 0.5) is 11.4 Å². The Morgan fingerprint density at radius 2 is 1.88 bits per heavy atom. The Labute approximate surface area is 141 Å². The molecule has 0 unspecified atom stereocenters. The Bertz CT molecular complexity index is 1030. The van der Waals surface area contributed by atoms with Gasteiger partial charge in [0, 0.05) is 35.0 Å². The molecule has 1 aliphatic rings. The minimum atomic E-state index is -0.483. The number of hydrogen-bond donors (Lipinski definition) is 1. The van der Waals surface area contributed by atoms with Gasteiger partial charge in [0.05, 0.1) is 10.6 Å². The molecule has 7 heteroatoms. The van der Waals surface area contributed by atoms with Gasteiger partial charge >= 0.3 is 5.95 Å². The maximum Gasteiger partial charge on any atom is 0.310 e. The van der Waals surface area contributed by atoms with Crippen LogP contribution in [0, 0.1) is 10.1 Å². The second-order valence-electron chi connectivity index (χ2n) is 5.39. The van der Waals surface area contributed by atoms with Crippen LogP contribution >= 0.6 is 0 Å². The Balaban J connectivity index is 1.69. The normalized spacial score (nSPS) is 14.0. The number of oxazole rings is 1. The van der Waals surface area contributed by atoms with E-state index in [1.807, 2.05) is 24.3 Å². The molecule has 1 aliphatic heterocycles. The van der Waals surface area contributed by atoms with Crippen LogP contribution in [0.25, 0.3) is 23.1 Å². The standard InChI is InChI=1S/C18H11N3O4/c22-18-16(9-12-10-19-15-4-2-1-3-14(12)15)20-17(25-18)11-5-7-13(8-6-11)21(23)24/h1-10,22H/b12-9+. The second kappa shape index (κ2) is 5.72. The van der Waals surface area contributed by atoms with Gasteiger partial charge in [-0.2, -0.15) is 0 Å². The van der Waals surface area contributed by atoms with Crippen molar-refractivity contribution < 1.29 is 14.4 Å². The number of nitro groups is 1. The van der Waals surface area contributed by atoms with Gasteiger partial charge in [-0.25, -0.2) is 4.98 Å². The first-order chi connectivity index (χ1) is 12.1. The molecule has 0 amide bonds. The van der Waals surface area contributed by atoms with Crippen molar-refractivity contribution in [1.82, 2.24) is 4.98 Å². The average molecular weight is 333 g/mol. The molecule has 0 fully saturated rings. The molecule has 2 heterocycles. The molecule has 0 saturated heterocycles. The summed E-state index contributed by atoms with van der Waals surface area (Å²) < 4.78 is 5.28. The smallest absolute Gasteiger partial charge is 0.310 e. The maximum absolute atomic E-state index is 10.7. The highest BCUT2D eigenvalue weighted by Crippen LogP contribution is 2.34. The Hall–Kier alpha value is -3.74. The third-order valence-electron chi connectivity index (χ3n) is 3.81. The van der Waals surface area contributed by atoms with Crippen molar-refractivity contribution in [1.29, 1.82) is 0 Å². The summed E-state index contributed by atoms with van der Waals surface area (Å²) in [5.41, 5.74) is 3.39. The predicted molar refractivity (Wildman–Crippen MR) is 92.7 cm³/mol. The van der Waals surface area contributed by atoms with Crippen molar-refractivity contribution in [2.24, 2.45) is 4.99 Å². The van der Waals surface area contributed by atoms with Crippen molar-refractivity contribution >= 4 is 29.2 Å². The fourth-order valence-electron chi connectivity index (χ4n) is 2.57. The van der Waals surface area contributed by atoms with E-state index >= 15 is 0 Å². The van der Waals surface area contributed by atoms with Crippen LogP contribution in [0.2, 0.25) is 0 Å². The fraction of sp³-hybridized carbons (Fsp3) is 0. The molecule has 7 nitrogen and oxygen atoms in total. The van der Waals surface area contributed by atoms with Gasteiger partial charge in [-0.15, -0.1) is 0 Å². The van der Waals surface area contributed by atoms with Gasteiger partial charge < -0.3 is 9.52 Å². The van der Waals surface area contributed by atoms with Crippen LogP contribution in [0.1, 0.15) is 11.3 Å². The number of para-hydroxylation sites is 1. The highest BCUT2D eigenvalue weighted by atomic mass is 16.6. The fourth-order valence-corrected chi connectivity index (χ4v) is 2.57. The number of nitrogens with zero attached hydrogens (tertiary/aromatic N) is 3. The molecule has 0 aliphatic carbocycles. The highest BCUT2D eigenvalue weighted by molar-refractivity contribution is 6.21. The lowest BCUT2D eigenvalue weighted by molar-refractivity contribution is -0.384. The quantitative estimate of drug-likeness (QED) is 0.571. The van der Waals surface area contributed by atoms with Crippen molar-refractivity contribution in [2.45, 2.75) is 0 Å². The molecule has 0 saturated carbocycles. The Morgan fingerprint density at radius 1 is 1.12 bits per heavy atom. The molecule has 0 atom stereocenters.